The number of carbonyl (C=O) groups excluding carboxylic acids is 1. The molecule has 36 heavy (non-hydrogen) atoms. The smallest absolute Gasteiger partial charge is 0.267 e. The van der Waals surface area contributed by atoms with E-state index in [-0.39, 0.29) is 17.5 Å². The van der Waals surface area contributed by atoms with Gasteiger partial charge < -0.3 is 4.90 Å². The molecule has 0 radical (unpaired) electrons. The molecule has 0 spiro atoms. The van der Waals surface area contributed by atoms with Crippen LogP contribution in [0.4, 0.5) is 5.82 Å². The lowest BCUT2D eigenvalue weighted by atomic mass is 9.91. The summed E-state index contributed by atoms with van der Waals surface area (Å²) in [6, 6.07) is 13.5. The lowest BCUT2D eigenvalue weighted by Crippen LogP contribution is -2.40. The Morgan fingerprint density at radius 3 is 2.47 bits per heavy atom. The van der Waals surface area contributed by atoms with Crippen LogP contribution in [0.3, 0.4) is 0 Å². The first-order valence-electron chi connectivity index (χ1n) is 12.3. The van der Waals surface area contributed by atoms with Gasteiger partial charge in [-0.1, -0.05) is 74.2 Å². The maximum Gasteiger partial charge on any atom is 0.267 e. The van der Waals surface area contributed by atoms with Gasteiger partial charge in [0.05, 0.1) is 16.5 Å². The zero-order chi connectivity index (χ0) is 25.6. The number of hydrogen-bond donors (Lipinski definition) is 0. The molecule has 3 aromatic rings. The molecular weight excluding hydrogens is 488 g/mol. The summed E-state index contributed by atoms with van der Waals surface area (Å²) in [5, 5.41) is 0. The monoisotopic (exact) mass is 518 g/mol. The summed E-state index contributed by atoms with van der Waals surface area (Å²) in [7, 11) is 0. The van der Waals surface area contributed by atoms with E-state index >= 15 is 0 Å². The molecule has 0 aliphatic carbocycles. The molecule has 1 aromatic carbocycles. The fraction of sp³-hybridized carbons (Fsp3) is 0.357. The Balaban J connectivity index is 1.61. The fourth-order valence-corrected chi connectivity index (χ4v) is 6.68. The molecule has 5 rings (SSSR count). The molecule has 0 N–H and O–H groups in total. The topological polar surface area (TPSA) is 57.9 Å². The summed E-state index contributed by atoms with van der Waals surface area (Å²) < 4.78 is 2.07. The summed E-state index contributed by atoms with van der Waals surface area (Å²) >= 11 is 6.87. The minimum Gasteiger partial charge on any atom is -0.355 e. The van der Waals surface area contributed by atoms with Gasteiger partial charge in [0.2, 0.25) is 0 Å². The Morgan fingerprint density at radius 2 is 1.78 bits per heavy atom. The van der Waals surface area contributed by atoms with Gasteiger partial charge in [0.1, 0.15) is 15.8 Å². The van der Waals surface area contributed by atoms with Crippen LogP contribution in [-0.2, 0) is 4.79 Å². The van der Waals surface area contributed by atoms with Crippen LogP contribution in [0, 0.1) is 18.8 Å². The van der Waals surface area contributed by atoms with Crippen molar-refractivity contribution in [2.75, 3.05) is 18.0 Å². The second-order valence-electron chi connectivity index (χ2n) is 10.1. The third-order valence-corrected chi connectivity index (χ3v) is 8.25. The van der Waals surface area contributed by atoms with Crippen LogP contribution in [0.5, 0.6) is 0 Å². The maximum atomic E-state index is 13.8. The van der Waals surface area contributed by atoms with Crippen molar-refractivity contribution in [1.82, 2.24) is 14.3 Å². The van der Waals surface area contributed by atoms with Crippen molar-refractivity contribution in [3.63, 3.8) is 0 Å². The number of thioether (sulfide) groups is 1. The highest BCUT2D eigenvalue weighted by molar-refractivity contribution is 8.26. The minimum atomic E-state index is -0.202. The summed E-state index contributed by atoms with van der Waals surface area (Å²) in [6.07, 6.45) is 4.66. The molecule has 0 bridgehead atoms. The normalized spacial score (nSPS) is 22.6. The predicted molar refractivity (Wildman–Crippen MR) is 151 cm³/mol. The van der Waals surface area contributed by atoms with E-state index in [1.807, 2.05) is 56.3 Å². The van der Waals surface area contributed by atoms with Gasteiger partial charge in [0.25, 0.3) is 11.5 Å². The SMILES string of the molecule is Cc1ccc2nc(N3C[C@@H](C)C[C@H](C)C3)c(/C=C3\SC(=S)N([C@H](C)c4ccccc4)C3=O)c(=O)n2c1. The number of fused-ring (bicyclic) bond motifs is 1. The van der Waals surface area contributed by atoms with Crippen molar-refractivity contribution >= 4 is 51.7 Å². The van der Waals surface area contributed by atoms with Gasteiger partial charge in [-0.2, -0.15) is 0 Å². The average molecular weight is 519 g/mol. The molecule has 1 amide bonds. The summed E-state index contributed by atoms with van der Waals surface area (Å²) in [5.41, 5.74) is 2.84. The molecular formula is C28H30N4O2S2. The van der Waals surface area contributed by atoms with Crippen molar-refractivity contribution in [1.29, 1.82) is 0 Å². The number of anilines is 1. The van der Waals surface area contributed by atoms with Crippen LogP contribution in [0.15, 0.2) is 58.4 Å². The van der Waals surface area contributed by atoms with E-state index in [1.54, 1.807) is 21.6 Å². The van der Waals surface area contributed by atoms with Crippen molar-refractivity contribution in [2.45, 2.75) is 40.2 Å². The molecule has 2 aliphatic heterocycles. The number of carbonyl (C=O) groups is 1. The Labute approximate surface area is 221 Å². The number of piperidine rings is 1. The third-order valence-electron chi connectivity index (χ3n) is 6.92. The summed E-state index contributed by atoms with van der Waals surface area (Å²) in [6.45, 7) is 10.0. The number of nitrogens with zero attached hydrogens (tertiary/aromatic N) is 4. The molecule has 2 fully saturated rings. The number of amides is 1. The molecule has 186 valence electrons. The van der Waals surface area contributed by atoms with E-state index in [0.717, 1.165) is 30.6 Å². The number of thiocarbonyl (C=S) groups is 1. The highest BCUT2D eigenvalue weighted by Gasteiger charge is 2.37. The molecule has 0 unspecified atom stereocenters. The molecule has 0 saturated carbocycles. The first-order valence-corrected chi connectivity index (χ1v) is 13.6. The second kappa shape index (κ2) is 9.82. The standard InChI is InChI=1S/C28H30N4O2S2/c1-17-10-11-24-29-25(30-14-18(2)12-19(3)15-30)22(26(33)31(24)16-17)13-23-27(34)32(28(35)36-23)20(4)21-8-6-5-7-9-21/h5-11,13,16,18-20H,12,14-15H2,1-4H3/b23-13-/t18-,19-,20+/m0/s1. The minimum absolute atomic E-state index is 0.175. The number of pyridine rings is 1. The molecule has 4 heterocycles. The van der Waals surface area contributed by atoms with E-state index in [9.17, 15) is 9.59 Å². The molecule has 2 aromatic heterocycles. The molecule has 2 saturated heterocycles. The van der Waals surface area contributed by atoms with Gasteiger partial charge in [-0.05, 0) is 55.4 Å². The second-order valence-corrected chi connectivity index (χ2v) is 11.8. The Hall–Kier alpha value is -2.97. The molecule has 2 aliphatic rings. The molecule has 3 atom stereocenters. The van der Waals surface area contributed by atoms with Gasteiger partial charge in [0.15, 0.2) is 0 Å². The van der Waals surface area contributed by atoms with Crippen molar-refractivity contribution in [3.05, 3.63) is 80.6 Å². The Morgan fingerprint density at radius 1 is 1.08 bits per heavy atom. The van der Waals surface area contributed by atoms with E-state index in [2.05, 4.69) is 18.7 Å². The quantitative estimate of drug-likeness (QED) is 0.338. The van der Waals surface area contributed by atoms with E-state index in [4.69, 9.17) is 17.2 Å². The van der Waals surface area contributed by atoms with Crippen LogP contribution in [0.2, 0.25) is 0 Å². The Bertz CT molecular complexity index is 1420. The Kier molecular flexibility index (Phi) is 6.74. The number of rotatable bonds is 4. The first kappa shape index (κ1) is 24.7. The van der Waals surface area contributed by atoms with Crippen molar-refractivity contribution in [2.24, 2.45) is 11.8 Å². The zero-order valence-electron chi connectivity index (χ0n) is 21.0. The molecule has 8 heteroatoms. The lowest BCUT2D eigenvalue weighted by Gasteiger charge is -2.36. The van der Waals surface area contributed by atoms with E-state index in [0.29, 0.717) is 38.1 Å². The van der Waals surface area contributed by atoms with Gasteiger partial charge in [-0.3, -0.25) is 18.9 Å². The highest BCUT2D eigenvalue weighted by atomic mass is 32.2. The van der Waals surface area contributed by atoms with Crippen LogP contribution in [-0.4, -0.2) is 37.6 Å². The van der Waals surface area contributed by atoms with Crippen LogP contribution < -0.4 is 10.5 Å². The predicted octanol–water partition coefficient (Wildman–Crippen LogP) is 5.45. The van der Waals surface area contributed by atoms with Crippen LogP contribution >= 0.6 is 24.0 Å². The zero-order valence-corrected chi connectivity index (χ0v) is 22.6. The van der Waals surface area contributed by atoms with Crippen molar-refractivity contribution < 1.29 is 4.79 Å². The number of benzene rings is 1. The van der Waals surface area contributed by atoms with Gasteiger partial charge in [-0.15, -0.1) is 0 Å². The lowest BCUT2D eigenvalue weighted by molar-refractivity contribution is -0.123. The van der Waals surface area contributed by atoms with Gasteiger partial charge >= 0.3 is 0 Å². The van der Waals surface area contributed by atoms with E-state index < -0.39 is 0 Å². The van der Waals surface area contributed by atoms with Crippen LogP contribution in [0.25, 0.3) is 11.7 Å². The van der Waals surface area contributed by atoms with Crippen LogP contribution in [0.1, 0.15) is 49.9 Å². The number of hydrogen-bond acceptors (Lipinski definition) is 6. The third kappa shape index (κ3) is 4.60. The maximum absolute atomic E-state index is 13.8. The summed E-state index contributed by atoms with van der Waals surface area (Å²) in [4.78, 5) is 36.6. The fourth-order valence-electron chi connectivity index (χ4n) is 5.28. The number of aryl methyl sites for hydroxylation is 1. The largest absolute Gasteiger partial charge is 0.355 e. The van der Waals surface area contributed by atoms with Gasteiger partial charge in [0, 0.05) is 19.3 Å². The first-order chi connectivity index (χ1) is 17.2. The highest BCUT2D eigenvalue weighted by Crippen LogP contribution is 2.39. The van der Waals surface area contributed by atoms with Crippen molar-refractivity contribution in [3.8, 4) is 0 Å². The van der Waals surface area contributed by atoms with E-state index in [1.165, 1.54) is 11.8 Å². The van der Waals surface area contributed by atoms with Gasteiger partial charge in [-0.25, -0.2) is 4.98 Å². The number of aromatic nitrogens is 2. The molecule has 6 nitrogen and oxygen atoms in total. The average Bonchev–Trinajstić information content (AvgIpc) is 3.13. The summed E-state index contributed by atoms with van der Waals surface area (Å²) in [5.74, 6) is 1.44.